The van der Waals surface area contributed by atoms with E-state index in [0.717, 1.165) is 17.2 Å². The van der Waals surface area contributed by atoms with Gasteiger partial charge in [0.2, 0.25) is 11.8 Å². The molecule has 0 fully saturated rings. The number of nitrogens with two attached hydrogens (primary N) is 2. The fraction of sp³-hybridized carbons (Fsp3) is 0.0400. The van der Waals surface area contributed by atoms with E-state index in [1.807, 2.05) is 0 Å². The lowest BCUT2D eigenvalue weighted by Gasteiger charge is -2.11. The summed E-state index contributed by atoms with van der Waals surface area (Å²) in [5, 5.41) is 4.49. The molecule has 1 aliphatic rings. The molecule has 0 heterocycles. The predicted octanol–water partition coefficient (Wildman–Crippen LogP) is 4.45. The number of hydrogen-bond acceptors (Lipinski definition) is 2. The standard InChI is InChI=1S/C13H10.C12H10N2O2/c1-4-10-6-2-8-12-9-3-7-11(5-1)13(10)12;13-11(15)9-3-1-7-5-10(12(14)16)4-2-8(7)6-9/h1-8H,9H2;1-6H,(H2,13,15)(H2,14,16). The Morgan fingerprint density at radius 3 is 1.86 bits per heavy atom. The zero-order valence-corrected chi connectivity index (χ0v) is 15.8. The number of fused-ring (bicyclic) bond motifs is 1. The van der Waals surface area contributed by atoms with Crippen molar-refractivity contribution in [2.24, 2.45) is 11.5 Å². The van der Waals surface area contributed by atoms with E-state index in [9.17, 15) is 9.59 Å². The number of benzene rings is 4. The van der Waals surface area contributed by atoms with Gasteiger partial charge in [0.1, 0.15) is 0 Å². The average Bonchev–Trinajstić information content (AvgIpc) is 2.74. The maximum Gasteiger partial charge on any atom is 0.248 e. The first-order valence-corrected chi connectivity index (χ1v) is 9.33. The summed E-state index contributed by atoms with van der Waals surface area (Å²) in [6.45, 7) is 0. The van der Waals surface area contributed by atoms with Crippen LogP contribution in [0.15, 0.2) is 78.9 Å². The Labute approximate surface area is 168 Å². The van der Waals surface area contributed by atoms with Crippen molar-refractivity contribution in [2.75, 3.05) is 0 Å². The van der Waals surface area contributed by atoms with Gasteiger partial charge in [-0.25, -0.2) is 0 Å². The molecule has 0 aliphatic heterocycles. The summed E-state index contributed by atoms with van der Waals surface area (Å²) in [6.07, 6.45) is 5.53. The fourth-order valence-corrected chi connectivity index (χ4v) is 3.62. The molecule has 5 rings (SSSR count). The van der Waals surface area contributed by atoms with Crippen LogP contribution >= 0.6 is 0 Å². The van der Waals surface area contributed by atoms with Gasteiger partial charge in [-0.2, -0.15) is 0 Å². The van der Waals surface area contributed by atoms with E-state index in [1.54, 1.807) is 36.4 Å². The minimum Gasteiger partial charge on any atom is -0.366 e. The molecule has 29 heavy (non-hydrogen) atoms. The van der Waals surface area contributed by atoms with E-state index in [0.29, 0.717) is 11.1 Å². The molecule has 0 radical (unpaired) electrons. The molecule has 0 aromatic heterocycles. The van der Waals surface area contributed by atoms with Crippen LogP contribution in [-0.2, 0) is 6.42 Å². The van der Waals surface area contributed by atoms with E-state index >= 15 is 0 Å². The molecule has 0 saturated carbocycles. The predicted molar refractivity (Wildman–Crippen MR) is 118 cm³/mol. The monoisotopic (exact) mass is 380 g/mol. The largest absolute Gasteiger partial charge is 0.366 e. The third-order valence-electron chi connectivity index (χ3n) is 5.07. The number of carbonyl (C=O) groups is 2. The first-order chi connectivity index (χ1) is 14.0. The summed E-state index contributed by atoms with van der Waals surface area (Å²) in [7, 11) is 0. The second-order valence-electron chi connectivity index (χ2n) is 6.97. The summed E-state index contributed by atoms with van der Waals surface area (Å²) in [4.78, 5) is 21.9. The lowest BCUT2D eigenvalue weighted by Crippen LogP contribution is -2.11. The first kappa shape index (κ1) is 18.4. The first-order valence-electron chi connectivity index (χ1n) is 9.33. The molecule has 0 saturated heterocycles. The summed E-state index contributed by atoms with van der Waals surface area (Å²) in [5.74, 6) is -0.943. The Bertz CT molecular complexity index is 1230. The highest BCUT2D eigenvalue weighted by Gasteiger charge is 2.06. The van der Waals surface area contributed by atoms with Crippen molar-refractivity contribution in [3.8, 4) is 0 Å². The van der Waals surface area contributed by atoms with Crippen LogP contribution < -0.4 is 11.5 Å². The second-order valence-corrected chi connectivity index (χ2v) is 6.97. The van der Waals surface area contributed by atoms with Crippen molar-refractivity contribution in [1.29, 1.82) is 0 Å². The smallest absolute Gasteiger partial charge is 0.248 e. The van der Waals surface area contributed by atoms with Crippen LogP contribution in [0, 0.1) is 0 Å². The van der Waals surface area contributed by atoms with Crippen LogP contribution in [-0.4, -0.2) is 11.8 Å². The fourth-order valence-electron chi connectivity index (χ4n) is 3.62. The third kappa shape index (κ3) is 3.73. The number of primary amides is 2. The quantitative estimate of drug-likeness (QED) is 0.538. The Morgan fingerprint density at radius 1 is 0.690 bits per heavy atom. The molecular formula is C25H20N2O2. The van der Waals surface area contributed by atoms with Crippen molar-refractivity contribution in [1.82, 2.24) is 0 Å². The molecule has 142 valence electrons. The van der Waals surface area contributed by atoms with Crippen LogP contribution in [0.3, 0.4) is 0 Å². The normalized spacial score (nSPS) is 11.7. The third-order valence-corrected chi connectivity index (χ3v) is 5.07. The maximum atomic E-state index is 11.0. The Morgan fingerprint density at radius 2 is 1.28 bits per heavy atom. The molecule has 2 amide bonds. The van der Waals surface area contributed by atoms with Gasteiger partial charge in [0.05, 0.1) is 0 Å². The molecule has 0 atom stereocenters. The number of carbonyl (C=O) groups excluding carboxylic acids is 2. The molecule has 4 aromatic carbocycles. The Hall–Kier alpha value is -3.92. The van der Waals surface area contributed by atoms with E-state index < -0.39 is 11.8 Å². The lowest BCUT2D eigenvalue weighted by atomic mass is 9.93. The van der Waals surface area contributed by atoms with Crippen molar-refractivity contribution < 1.29 is 9.59 Å². The van der Waals surface area contributed by atoms with Gasteiger partial charge in [-0.1, -0.05) is 60.7 Å². The minimum atomic E-state index is -0.471. The Balaban J connectivity index is 0.000000144. The van der Waals surface area contributed by atoms with Gasteiger partial charge in [0.15, 0.2) is 0 Å². The van der Waals surface area contributed by atoms with E-state index in [-0.39, 0.29) is 0 Å². The van der Waals surface area contributed by atoms with Gasteiger partial charge < -0.3 is 11.5 Å². The van der Waals surface area contributed by atoms with E-state index in [2.05, 4.69) is 48.6 Å². The molecule has 0 bridgehead atoms. The van der Waals surface area contributed by atoms with Gasteiger partial charge in [-0.3, -0.25) is 9.59 Å². The number of amides is 2. The molecule has 4 heteroatoms. The van der Waals surface area contributed by atoms with Gasteiger partial charge in [-0.05, 0) is 63.4 Å². The maximum absolute atomic E-state index is 11.0. The van der Waals surface area contributed by atoms with Crippen molar-refractivity contribution in [3.63, 3.8) is 0 Å². The molecule has 1 aliphatic carbocycles. The van der Waals surface area contributed by atoms with E-state index in [1.165, 1.54) is 21.9 Å². The van der Waals surface area contributed by atoms with Crippen LogP contribution in [0.2, 0.25) is 0 Å². The SMILES string of the molecule is C1=Cc2cccc3cccc(c23)C1.NC(=O)c1ccc2cc(C(N)=O)ccc2c1. The lowest BCUT2D eigenvalue weighted by molar-refractivity contribution is 0.0991. The van der Waals surface area contributed by atoms with Gasteiger partial charge >= 0.3 is 0 Å². The summed E-state index contributed by atoms with van der Waals surface area (Å²) in [6, 6.07) is 23.1. The summed E-state index contributed by atoms with van der Waals surface area (Å²) in [5.41, 5.74) is 14.0. The van der Waals surface area contributed by atoms with Gasteiger partial charge in [-0.15, -0.1) is 0 Å². The molecular weight excluding hydrogens is 360 g/mol. The minimum absolute atomic E-state index is 0.444. The molecule has 4 nitrogen and oxygen atoms in total. The summed E-state index contributed by atoms with van der Waals surface area (Å²) < 4.78 is 0. The van der Waals surface area contributed by atoms with Crippen LogP contribution in [0.4, 0.5) is 0 Å². The highest BCUT2D eigenvalue weighted by atomic mass is 16.1. The van der Waals surface area contributed by atoms with Gasteiger partial charge in [0, 0.05) is 11.1 Å². The number of allylic oxidation sites excluding steroid dienone is 1. The molecule has 4 aromatic rings. The number of hydrogen-bond donors (Lipinski definition) is 2. The topological polar surface area (TPSA) is 86.2 Å². The van der Waals surface area contributed by atoms with Crippen LogP contribution in [0.25, 0.3) is 27.6 Å². The Kier molecular flexibility index (Phi) is 4.83. The molecule has 0 unspecified atom stereocenters. The van der Waals surface area contributed by atoms with Crippen molar-refractivity contribution >= 4 is 39.4 Å². The molecule has 0 spiro atoms. The van der Waals surface area contributed by atoms with Crippen LogP contribution in [0.5, 0.6) is 0 Å². The molecule has 4 N–H and O–H groups in total. The van der Waals surface area contributed by atoms with Crippen molar-refractivity contribution in [3.05, 3.63) is 101 Å². The zero-order chi connectivity index (χ0) is 20.4. The highest BCUT2D eigenvalue weighted by molar-refractivity contribution is 6.01. The highest BCUT2D eigenvalue weighted by Crippen LogP contribution is 2.27. The summed E-state index contributed by atoms with van der Waals surface area (Å²) >= 11 is 0. The van der Waals surface area contributed by atoms with E-state index in [4.69, 9.17) is 11.5 Å². The second kappa shape index (κ2) is 7.60. The van der Waals surface area contributed by atoms with Gasteiger partial charge in [0.25, 0.3) is 0 Å². The van der Waals surface area contributed by atoms with Crippen LogP contribution in [0.1, 0.15) is 31.8 Å². The number of rotatable bonds is 2. The average molecular weight is 380 g/mol. The zero-order valence-electron chi connectivity index (χ0n) is 15.8. The van der Waals surface area contributed by atoms with Crippen molar-refractivity contribution in [2.45, 2.75) is 6.42 Å².